The van der Waals surface area contributed by atoms with Gasteiger partial charge in [0, 0.05) is 45.9 Å². The second-order valence-electron chi connectivity index (χ2n) is 6.92. The van der Waals surface area contributed by atoms with Crippen molar-refractivity contribution in [2.75, 3.05) is 18.2 Å². The molecule has 4 aromatic rings. The van der Waals surface area contributed by atoms with E-state index in [1.807, 2.05) is 52.5 Å². The van der Waals surface area contributed by atoms with Gasteiger partial charge in [0.15, 0.2) is 10.7 Å². The van der Waals surface area contributed by atoms with Gasteiger partial charge in [-0.1, -0.05) is 12.1 Å². The molecule has 0 unspecified atom stereocenters. The molecule has 2 aromatic heterocycles. The van der Waals surface area contributed by atoms with Gasteiger partial charge < -0.3 is 10.1 Å². The van der Waals surface area contributed by atoms with Crippen LogP contribution in [0.3, 0.4) is 0 Å². The van der Waals surface area contributed by atoms with Crippen LogP contribution in [0.4, 0.5) is 5.69 Å². The SMILES string of the molecule is COc1ccc(C(C)=O)cc1CSCC(=O)Nc1ccc(-c2cn3ccsc3n2)cc1. The molecule has 6 nitrogen and oxygen atoms in total. The zero-order valence-electron chi connectivity index (χ0n) is 17.1. The highest BCUT2D eigenvalue weighted by Crippen LogP contribution is 2.26. The maximum atomic E-state index is 12.3. The number of benzene rings is 2. The summed E-state index contributed by atoms with van der Waals surface area (Å²) in [5.41, 5.74) is 4.19. The van der Waals surface area contributed by atoms with Crippen LogP contribution in [0.25, 0.3) is 16.2 Å². The van der Waals surface area contributed by atoms with Gasteiger partial charge in [-0.15, -0.1) is 23.1 Å². The number of rotatable bonds is 8. The van der Waals surface area contributed by atoms with Crippen LogP contribution in [-0.2, 0) is 10.5 Å². The van der Waals surface area contributed by atoms with Gasteiger partial charge in [-0.3, -0.25) is 14.0 Å². The molecular formula is C23H21N3O3S2. The van der Waals surface area contributed by atoms with E-state index in [1.54, 1.807) is 30.6 Å². The molecule has 0 saturated heterocycles. The minimum absolute atomic E-state index is 0.00506. The van der Waals surface area contributed by atoms with E-state index < -0.39 is 0 Å². The minimum atomic E-state index is -0.0815. The van der Waals surface area contributed by atoms with E-state index in [0.29, 0.717) is 22.8 Å². The smallest absolute Gasteiger partial charge is 0.234 e. The molecule has 0 saturated carbocycles. The van der Waals surface area contributed by atoms with E-state index in [2.05, 4.69) is 10.3 Å². The van der Waals surface area contributed by atoms with Crippen molar-refractivity contribution in [3.63, 3.8) is 0 Å². The highest BCUT2D eigenvalue weighted by Gasteiger charge is 2.10. The van der Waals surface area contributed by atoms with Crippen molar-refractivity contribution in [2.24, 2.45) is 0 Å². The van der Waals surface area contributed by atoms with E-state index in [1.165, 1.54) is 18.7 Å². The number of fused-ring (bicyclic) bond motifs is 1. The van der Waals surface area contributed by atoms with Gasteiger partial charge in [-0.2, -0.15) is 0 Å². The summed E-state index contributed by atoms with van der Waals surface area (Å²) in [6.45, 7) is 1.53. The predicted molar refractivity (Wildman–Crippen MR) is 126 cm³/mol. The Bertz CT molecular complexity index is 1200. The summed E-state index contributed by atoms with van der Waals surface area (Å²) >= 11 is 3.06. The lowest BCUT2D eigenvalue weighted by Gasteiger charge is -2.10. The monoisotopic (exact) mass is 451 g/mol. The molecule has 0 bridgehead atoms. The van der Waals surface area contributed by atoms with Crippen molar-refractivity contribution in [3.8, 4) is 17.0 Å². The largest absolute Gasteiger partial charge is 0.496 e. The zero-order chi connectivity index (χ0) is 21.8. The van der Waals surface area contributed by atoms with Crippen LogP contribution in [0.1, 0.15) is 22.8 Å². The lowest BCUT2D eigenvalue weighted by molar-refractivity contribution is -0.113. The summed E-state index contributed by atoms with van der Waals surface area (Å²) in [7, 11) is 1.60. The summed E-state index contributed by atoms with van der Waals surface area (Å²) in [4.78, 5) is 29.5. The van der Waals surface area contributed by atoms with Crippen LogP contribution < -0.4 is 10.1 Å². The van der Waals surface area contributed by atoms with Gasteiger partial charge in [0.2, 0.25) is 5.91 Å². The second-order valence-corrected chi connectivity index (χ2v) is 8.78. The Labute approximate surface area is 188 Å². The number of thiazole rings is 1. The van der Waals surface area contributed by atoms with Crippen LogP contribution in [0, 0.1) is 0 Å². The van der Waals surface area contributed by atoms with Gasteiger partial charge in [0.1, 0.15) is 5.75 Å². The molecule has 0 fully saturated rings. The molecule has 1 N–H and O–H groups in total. The summed E-state index contributed by atoms with van der Waals surface area (Å²) in [6.07, 6.45) is 3.97. The van der Waals surface area contributed by atoms with E-state index in [9.17, 15) is 9.59 Å². The number of anilines is 1. The van der Waals surface area contributed by atoms with E-state index >= 15 is 0 Å². The summed E-state index contributed by atoms with van der Waals surface area (Å²) in [6, 6.07) is 13.0. The number of carbonyl (C=O) groups excluding carboxylic acids is 2. The molecule has 0 spiro atoms. The molecule has 0 radical (unpaired) electrons. The van der Waals surface area contributed by atoms with Gasteiger partial charge in [-0.25, -0.2) is 4.98 Å². The number of methoxy groups -OCH3 is 1. The Kier molecular flexibility index (Phi) is 6.39. The molecule has 0 aliphatic carbocycles. The van der Waals surface area contributed by atoms with Crippen LogP contribution in [0.15, 0.2) is 60.2 Å². The molecule has 8 heteroatoms. The number of hydrogen-bond donors (Lipinski definition) is 1. The van der Waals surface area contributed by atoms with Crippen molar-refractivity contribution in [2.45, 2.75) is 12.7 Å². The molecule has 0 aliphatic rings. The maximum absolute atomic E-state index is 12.3. The average molecular weight is 452 g/mol. The van der Waals surface area contributed by atoms with E-state index in [0.717, 1.165) is 27.5 Å². The van der Waals surface area contributed by atoms with Gasteiger partial charge >= 0.3 is 0 Å². The topological polar surface area (TPSA) is 72.7 Å². The second kappa shape index (κ2) is 9.36. The standard InChI is InChI=1S/C23H21N3O3S2/c1-15(27)17-5-8-21(29-2)18(11-17)13-30-14-22(28)24-19-6-3-16(4-7-19)20-12-26-9-10-31-23(26)25-20/h3-12H,13-14H2,1-2H3,(H,24,28). The third-order valence-corrected chi connectivity index (χ3v) is 6.49. The number of nitrogens with zero attached hydrogens (tertiary/aromatic N) is 2. The first kappa shape index (κ1) is 21.1. The minimum Gasteiger partial charge on any atom is -0.496 e. The maximum Gasteiger partial charge on any atom is 0.234 e. The summed E-state index contributed by atoms with van der Waals surface area (Å²) < 4.78 is 7.36. The molecule has 1 amide bonds. The fourth-order valence-electron chi connectivity index (χ4n) is 3.15. The fraction of sp³-hybridized carbons (Fsp3) is 0.174. The number of thioether (sulfide) groups is 1. The lowest BCUT2D eigenvalue weighted by atomic mass is 10.1. The van der Waals surface area contributed by atoms with E-state index in [4.69, 9.17) is 4.74 Å². The number of imidazole rings is 1. The molecule has 2 heterocycles. The first-order valence-corrected chi connectivity index (χ1v) is 11.6. The van der Waals surface area contributed by atoms with Crippen LogP contribution in [0.2, 0.25) is 0 Å². The number of ketones is 1. The molecule has 4 rings (SSSR count). The molecular weight excluding hydrogens is 430 g/mol. The van der Waals surface area contributed by atoms with Crippen molar-refractivity contribution < 1.29 is 14.3 Å². The van der Waals surface area contributed by atoms with Gasteiger partial charge in [-0.05, 0) is 37.3 Å². The number of Topliss-reactive ketones (excluding diaryl/α,β-unsaturated/α-hetero) is 1. The number of carbonyl (C=O) groups is 2. The Balaban J connectivity index is 1.32. The first-order chi connectivity index (χ1) is 15.0. The summed E-state index contributed by atoms with van der Waals surface area (Å²) in [5, 5.41) is 4.92. The molecule has 31 heavy (non-hydrogen) atoms. The average Bonchev–Trinajstić information content (AvgIpc) is 3.36. The number of hydrogen-bond acceptors (Lipinski definition) is 6. The highest BCUT2D eigenvalue weighted by molar-refractivity contribution is 7.99. The Hall–Kier alpha value is -3.10. The van der Waals surface area contributed by atoms with Crippen molar-refractivity contribution >= 4 is 45.4 Å². The predicted octanol–water partition coefficient (Wildman–Crippen LogP) is 5.15. The molecule has 158 valence electrons. The Morgan fingerprint density at radius 3 is 2.71 bits per heavy atom. The summed E-state index contributed by atoms with van der Waals surface area (Å²) in [5.74, 6) is 1.51. The number of nitrogens with one attached hydrogen (secondary N) is 1. The van der Waals surface area contributed by atoms with Gasteiger partial charge in [0.05, 0.1) is 18.6 Å². The Morgan fingerprint density at radius 2 is 2.00 bits per heavy atom. The fourth-order valence-corrected chi connectivity index (χ4v) is 4.66. The zero-order valence-corrected chi connectivity index (χ0v) is 18.8. The van der Waals surface area contributed by atoms with Crippen molar-refractivity contribution in [1.29, 1.82) is 0 Å². The van der Waals surface area contributed by atoms with Crippen LogP contribution in [0.5, 0.6) is 5.75 Å². The Morgan fingerprint density at radius 1 is 1.19 bits per heavy atom. The van der Waals surface area contributed by atoms with Crippen molar-refractivity contribution in [1.82, 2.24) is 9.38 Å². The van der Waals surface area contributed by atoms with Crippen LogP contribution in [-0.4, -0.2) is 33.9 Å². The molecule has 2 aromatic carbocycles. The van der Waals surface area contributed by atoms with Crippen LogP contribution >= 0.6 is 23.1 Å². The van der Waals surface area contributed by atoms with E-state index in [-0.39, 0.29) is 11.7 Å². The van der Waals surface area contributed by atoms with Gasteiger partial charge in [0.25, 0.3) is 0 Å². The first-order valence-electron chi connectivity index (χ1n) is 9.61. The third-order valence-electron chi connectivity index (χ3n) is 4.74. The quantitative estimate of drug-likeness (QED) is 0.375. The lowest BCUT2D eigenvalue weighted by Crippen LogP contribution is -2.14. The van der Waals surface area contributed by atoms with Crippen molar-refractivity contribution in [3.05, 3.63) is 71.4 Å². The molecule has 0 aliphatic heterocycles. The number of amides is 1. The highest BCUT2D eigenvalue weighted by atomic mass is 32.2. The number of aromatic nitrogens is 2. The molecule has 0 atom stereocenters. The third kappa shape index (κ3) is 4.98. The number of ether oxygens (including phenoxy) is 1. The normalized spacial score (nSPS) is 10.9.